The Hall–Kier alpha value is -0.760. The Morgan fingerprint density at radius 2 is 2.06 bits per heavy atom. The van der Waals surface area contributed by atoms with Gasteiger partial charge in [0, 0.05) is 5.75 Å². The zero-order valence-electron chi connectivity index (χ0n) is 9.53. The summed E-state index contributed by atoms with van der Waals surface area (Å²) in [5.74, 6) is 0.486. The lowest BCUT2D eigenvalue weighted by Gasteiger charge is -2.16. The molecule has 1 rings (SSSR count). The first-order chi connectivity index (χ1) is 7.67. The predicted molar refractivity (Wildman–Crippen MR) is 57.7 cm³/mol. The summed E-state index contributed by atoms with van der Waals surface area (Å²) in [7, 11) is 0. The van der Waals surface area contributed by atoms with Crippen molar-refractivity contribution in [2.75, 3.05) is 5.75 Å². The molecule has 0 amide bonds. The van der Waals surface area contributed by atoms with E-state index in [4.69, 9.17) is 0 Å². The number of halogens is 3. The van der Waals surface area contributed by atoms with E-state index in [2.05, 4.69) is 10.2 Å². The van der Waals surface area contributed by atoms with Gasteiger partial charge in [0.25, 0.3) is 0 Å². The Bertz CT molecular complexity index is 359. The lowest BCUT2D eigenvalue weighted by Crippen LogP contribution is -2.20. The Morgan fingerprint density at radius 1 is 1.41 bits per heavy atom. The highest BCUT2D eigenvalue weighted by Gasteiger charge is 2.29. The third-order valence-electron chi connectivity index (χ3n) is 1.87. The molecule has 0 saturated carbocycles. The third kappa shape index (κ3) is 5.92. The predicted octanol–water partition coefficient (Wildman–Crippen LogP) is 2.09. The van der Waals surface area contributed by atoms with Crippen LogP contribution in [0.1, 0.15) is 20.3 Å². The number of aromatic nitrogens is 3. The van der Waals surface area contributed by atoms with Gasteiger partial charge in [0.15, 0.2) is 5.16 Å². The Morgan fingerprint density at radius 3 is 2.59 bits per heavy atom. The van der Waals surface area contributed by atoms with Gasteiger partial charge in [-0.05, 0) is 20.3 Å². The molecule has 0 fully saturated rings. The zero-order chi connectivity index (χ0) is 13.1. The largest absolute Gasteiger partial charge is 0.406 e. The van der Waals surface area contributed by atoms with E-state index in [-0.39, 0.29) is 5.16 Å². The van der Waals surface area contributed by atoms with Crippen molar-refractivity contribution in [2.45, 2.75) is 43.7 Å². The second-order valence-corrected chi connectivity index (χ2v) is 5.33. The van der Waals surface area contributed by atoms with Crippen LogP contribution in [-0.4, -0.2) is 37.4 Å². The highest BCUT2D eigenvalue weighted by Crippen LogP contribution is 2.23. The SMILES string of the molecule is CC(C)(O)CCSc1nncn1CC(F)(F)F. The fourth-order valence-electron chi connectivity index (χ4n) is 1.05. The van der Waals surface area contributed by atoms with Gasteiger partial charge >= 0.3 is 6.18 Å². The molecule has 0 aromatic carbocycles. The Balaban J connectivity index is 2.52. The van der Waals surface area contributed by atoms with E-state index in [1.54, 1.807) is 13.8 Å². The van der Waals surface area contributed by atoms with Crippen LogP contribution in [0.2, 0.25) is 0 Å². The van der Waals surface area contributed by atoms with Gasteiger partial charge in [-0.2, -0.15) is 13.2 Å². The first-order valence-electron chi connectivity index (χ1n) is 4.97. The van der Waals surface area contributed by atoms with Crippen molar-refractivity contribution >= 4 is 11.8 Å². The fourth-order valence-corrected chi connectivity index (χ4v) is 2.22. The van der Waals surface area contributed by atoms with Crippen molar-refractivity contribution in [3.8, 4) is 0 Å². The number of thioether (sulfide) groups is 1. The minimum Gasteiger partial charge on any atom is -0.390 e. The summed E-state index contributed by atoms with van der Waals surface area (Å²) in [6, 6.07) is 0. The molecule has 1 N–H and O–H groups in total. The van der Waals surface area contributed by atoms with Crippen molar-refractivity contribution < 1.29 is 18.3 Å². The molecule has 0 saturated heterocycles. The van der Waals surface area contributed by atoms with Crippen LogP contribution in [0.5, 0.6) is 0 Å². The molecule has 0 bridgehead atoms. The second kappa shape index (κ2) is 5.26. The first kappa shape index (κ1) is 14.3. The number of alkyl halides is 3. The van der Waals surface area contributed by atoms with Crippen molar-refractivity contribution in [2.24, 2.45) is 0 Å². The van der Waals surface area contributed by atoms with E-state index >= 15 is 0 Å². The maximum Gasteiger partial charge on any atom is 0.406 e. The average molecular weight is 269 g/mol. The molecule has 1 aromatic rings. The minimum atomic E-state index is -4.28. The van der Waals surface area contributed by atoms with E-state index in [1.807, 2.05) is 0 Å². The minimum absolute atomic E-state index is 0.214. The van der Waals surface area contributed by atoms with E-state index < -0.39 is 18.3 Å². The van der Waals surface area contributed by atoms with Crippen molar-refractivity contribution in [1.29, 1.82) is 0 Å². The summed E-state index contributed by atoms with van der Waals surface area (Å²) in [6.07, 6.45) is -2.76. The van der Waals surface area contributed by atoms with E-state index in [9.17, 15) is 18.3 Å². The monoisotopic (exact) mass is 269 g/mol. The van der Waals surface area contributed by atoms with Crippen molar-refractivity contribution in [3.63, 3.8) is 0 Å². The second-order valence-electron chi connectivity index (χ2n) is 4.27. The summed E-state index contributed by atoms with van der Waals surface area (Å²) < 4.78 is 37.5. The molecule has 1 heterocycles. The maximum absolute atomic E-state index is 12.2. The zero-order valence-corrected chi connectivity index (χ0v) is 10.3. The van der Waals surface area contributed by atoms with Crippen LogP contribution in [0.15, 0.2) is 11.5 Å². The molecule has 0 aliphatic rings. The topological polar surface area (TPSA) is 50.9 Å². The van der Waals surface area contributed by atoms with Crippen molar-refractivity contribution in [1.82, 2.24) is 14.8 Å². The number of nitrogens with zero attached hydrogens (tertiary/aromatic N) is 3. The van der Waals surface area contributed by atoms with E-state index in [0.717, 1.165) is 22.7 Å². The molecule has 8 heteroatoms. The van der Waals surface area contributed by atoms with Crippen LogP contribution in [0.25, 0.3) is 0 Å². The molecular weight excluding hydrogens is 255 g/mol. The van der Waals surface area contributed by atoms with Gasteiger partial charge in [0.05, 0.1) is 5.60 Å². The molecule has 1 aromatic heterocycles. The number of aliphatic hydroxyl groups is 1. The molecule has 0 spiro atoms. The van der Waals surface area contributed by atoms with Crippen molar-refractivity contribution in [3.05, 3.63) is 6.33 Å². The number of hydrogen-bond donors (Lipinski definition) is 1. The maximum atomic E-state index is 12.2. The van der Waals surface area contributed by atoms with Gasteiger partial charge in [-0.3, -0.25) is 4.57 Å². The molecule has 0 unspecified atom stereocenters. The summed E-state index contributed by atoms with van der Waals surface area (Å²) in [6.45, 7) is 2.20. The average Bonchev–Trinajstić information content (AvgIpc) is 2.47. The van der Waals surface area contributed by atoms with Gasteiger partial charge in [0.2, 0.25) is 0 Å². The van der Waals surface area contributed by atoms with Crippen LogP contribution in [-0.2, 0) is 6.54 Å². The molecule has 0 aliphatic heterocycles. The van der Waals surface area contributed by atoms with Gasteiger partial charge in [-0.1, -0.05) is 11.8 Å². The number of hydrogen-bond acceptors (Lipinski definition) is 4. The molecule has 0 aliphatic carbocycles. The standard InChI is InChI=1S/C9H14F3N3OS/c1-8(2,16)3-4-17-7-14-13-6-15(7)5-9(10,11)12/h6,16H,3-5H2,1-2H3. The lowest BCUT2D eigenvalue weighted by molar-refractivity contribution is -0.142. The van der Waals surface area contributed by atoms with Gasteiger partial charge in [-0.15, -0.1) is 10.2 Å². The van der Waals surface area contributed by atoms with E-state index in [1.165, 1.54) is 0 Å². The summed E-state index contributed by atoms with van der Waals surface area (Å²) >= 11 is 1.15. The lowest BCUT2D eigenvalue weighted by atomic mass is 10.1. The first-order valence-corrected chi connectivity index (χ1v) is 5.96. The summed E-state index contributed by atoms with van der Waals surface area (Å²) in [5, 5.41) is 16.7. The molecular formula is C9H14F3N3OS. The number of rotatable bonds is 5. The highest BCUT2D eigenvalue weighted by molar-refractivity contribution is 7.99. The molecule has 0 atom stereocenters. The summed E-state index contributed by atoms with van der Waals surface area (Å²) in [4.78, 5) is 0. The normalized spacial score (nSPS) is 13.1. The van der Waals surface area contributed by atoms with E-state index in [0.29, 0.717) is 12.2 Å². The van der Waals surface area contributed by atoms with Crippen LogP contribution < -0.4 is 0 Å². The molecule has 4 nitrogen and oxygen atoms in total. The Kier molecular flexibility index (Phi) is 4.42. The quantitative estimate of drug-likeness (QED) is 0.832. The van der Waals surface area contributed by atoms with Crippen LogP contribution >= 0.6 is 11.8 Å². The molecule has 17 heavy (non-hydrogen) atoms. The van der Waals surface area contributed by atoms with Crippen LogP contribution in [0.3, 0.4) is 0 Å². The van der Waals surface area contributed by atoms with Crippen LogP contribution in [0, 0.1) is 0 Å². The highest BCUT2D eigenvalue weighted by atomic mass is 32.2. The van der Waals surface area contributed by atoms with Gasteiger partial charge in [-0.25, -0.2) is 0 Å². The van der Waals surface area contributed by atoms with Gasteiger partial charge < -0.3 is 5.11 Å². The molecule has 0 radical (unpaired) electrons. The van der Waals surface area contributed by atoms with Gasteiger partial charge in [0.1, 0.15) is 12.9 Å². The fraction of sp³-hybridized carbons (Fsp3) is 0.778. The Labute approximate surface area is 101 Å². The smallest absolute Gasteiger partial charge is 0.390 e. The van der Waals surface area contributed by atoms with Crippen LogP contribution in [0.4, 0.5) is 13.2 Å². The molecule has 98 valence electrons. The summed E-state index contributed by atoms with van der Waals surface area (Å²) in [5.41, 5.74) is -0.831. The third-order valence-corrected chi connectivity index (χ3v) is 2.86.